The van der Waals surface area contributed by atoms with E-state index in [4.69, 9.17) is 61.6 Å². The van der Waals surface area contributed by atoms with Crippen LogP contribution in [0.2, 0.25) is 0 Å². The molecule has 0 aliphatic carbocycles. The summed E-state index contributed by atoms with van der Waals surface area (Å²) in [5.74, 6) is -7.67. The van der Waals surface area contributed by atoms with E-state index in [9.17, 15) is 132 Å². The third-order valence-electron chi connectivity index (χ3n) is 16.7. The summed E-state index contributed by atoms with van der Waals surface area (Å²) in [5, 5.41) is 244. The molecule has 42 heteroatoms. The molecule has 0 spiro atoms. The number of amides is 3. The van der Waals surface area contributed by atoms with E-state index in [0.29, 0.717) is 0 Å². The van der Waals surface area contributed by atoms with Crippen molar-refractivity contribution in [3.8, 4) is 0 Å². The maximum Gasteiger partial charge on any atom is 0.364 e. The molecule has 0 saturated carbocycles. The smallest absolute Gasteiger partial charge is 0.364 e. The van der Waals surface area contributed by atoms with Crippen LogP contribution >= 0.6 is 0 Å². The van der Waals surface area contributed by atoms with Crippen molar-refractivity contribution < 1.29 is 193 Å². The topological polar surface area (TPSA) is 669 Å². The summed E-state index contributed by atoms with van der Waals surface area (Å²) >= 11 is 0. The van der Waals surface area contributed by atoms with Gasteiger partial charge in [0.05, 0.1) is 58.4 Å². The highest BCUT2D eigenvalue weighted by Gasteiger charge is 2.60. The molecule has 7 heterocycles. The number of ether oxygens (including phenoxy) is 13. The van der Waals surface area contributed by atoms with Gasteiger partial charge in [0.25, 0.3) is 5.79 Å². The minimum Gasteiger partial charge on any atom is -0.477 e. The number of aliphatic carboxylic acids is 1. The monoisotopic (exact) mass is 1360 g/mol. The summed E-state index contributed by atoms with van der Waals surface area (Å²) in [6.45, 7) is -4.54. The maximum absolute atomic E-state index is 12.9. The molecular weight excluding hydrogens is 1280 g/mol. The molecule has 0 aromatic rings. The third-order valence-corrected chi connectivity index (χ3v) is 16.7. The molecule has 7 saturated heterocycles. The first-order valence-electron chi connectivity index (χ1n) is 29.2. The number of carbonyl (C=O) groups excluding carboxylic acids is 3. The average Bonchev–Trinajstić information content (AvgIpc) is 0.784. The quantitative estimate of drug-likeness (QED) is 0.0404. The molecule has 7 aliphatic rings. The molecule has 25 N–H and O–H groups in total. The van der Waals surface area contributed by atoms with Crippen LogP contribution in [-0.2, 0) is 80.8 Å². The van der Waals surface area contributed by atoms with Gasteiger partial charge < -0.3 is 190 Å². The van der Waals surface area contributed by atoms with E-state index >= 15 is 0 Å². The minimum absolute atomic E-state index is 0.813. The Morgan fingerprint density at radius 1 is 0.441 bits per heavy atom. The van der Waals surface area contributed by atoms with Crippen molar-refractivity contribution >= 4 is 23.7 Å². The van der Waals surface area contributed by atoms with Crippen molar-refractivity contribution in [3.05, 3.63) is 0 Å². The maximum atomic E-state index is 12.9. The number of carbonyl (C=O) groups is 4. The van der Waals surface area contributed by atoms with Crippen LogP contribution < -0.4 is 16.0 Å². The molecule has 93 heavy (non-hydrogen) atoms. The van der Waals surface area contributed by atoms with E-state index < -0.39 is 297 Å². The molecule has 7 fully saturated rings. The van der Waals surface area contributed by atoms with E-state index in [1.165, 1.54) is 0 Å². The highest BCUT2D eigenvalue weighted by molar-refractivity contribution is 5.77. The van der Waals surface area contributed by atoms with Crippen molar-refractivity contribution in [3.63, 3.8) is 0 Å². The molecular formula is C51H85N3O39. The number of rotatable bonds is 25. The van der Waals surface area contributed by atoms with E-state index in [2.05, 4.69) is 16.0 Å². The molecule has 0 radical (unpaired) electrons. The zero-order chi connectivity index (χ0) is 69.0. The van der Waals surface area contributed by atoms with Crippen molar-refractivity contribution in [2.24, 2.45) is 0 Å². The molecule has 0 aromatic heterocycles. The van der Waals surface area contributed by atoms with Crippen LogP contribution in [0.3, 0.4) is 0 Å². The van der Waals surface area contributed by atoms with Gasteiger partial charge in [-0.05, 0) is 0 Å². The van der Waals surface area contributed by atoms with Crippen molar-refractivity contribution in [1.82, 2.24) is 16.0 Å². The van der Waals surface area contributed by atoms with Gasteiger partial charge in [0.15, 0.2) is 37.7 Å². The number of carboxylic acid groups (broad SMARTS) is 1. The number of nitrogens with one attached hydrogen (secondary N) is 3. The summed E-state index contributed by atoms with van der Waals surface area (Å²) in [6.07, 6.45) is -66.4. The SMILES string of the molecule is CC(=O)N[C@H]1[C@@H](OC[C@H]2O[C@@H](O[C@@H]3[C@@H](O)[C@H](O)[C@H](O)O[C@@H]3CO)[C@@H](O)[C@@H](O[C@@H]3O[C@H](CO)[C@@H](O[C@H]4O[C@@H](CO[C@]5(C(=O)O)C[C@H](O)[C@@H](NC(C)=O)[C@@H]([C@@H](O)[C@@H](O)CO)O5)[C@@H](O)[C@H](O)[C@H]4O)C(O)[C@H]3NC(C)=O)[C@H]2O)O[C@@H](CO)[C@H](O[C@H]2O[C@@H](CO)[C@@H](O)[C@H](O)[C@H]2O)[C@@H]1O. The summed E-state index contributed by atoms with van der Waals surface area (Å²) in [5.41, 5.74) is 0. The van der Waals surface area contributed by atoms with Gasteiger partial charge in [-0.15, -0.1) is 0 Å². The van der Waals surface area contributed by atoms with Crippen LogP contribution in [0.25, 0.3) is 0 Å². The first-order valence-corrected chi connectivity index (χ1v) is 29.2. The van der Waals surface area contributed by atoms with Gasteiger partial charge in [0.2, 0.25) is 17.7 Å². The number of hydrogen-bond acceptors (Lipinski definition) is 38. The second-order valence-electron chi connectivity index (χ2n) is 23.3. The Hall–Kier alpha value is -3.48. The van der Waals surface area contributed by atoms with E-state index in [-0.39, 0.29) is 0 Å². The van der Waals surface area contributed by atoms with E-state index in [1.54, 1.807) is 0 Å². The second-order valence-corrected chi connectivity index (χ2v) is 23.3. The summed E-state index contributed by atoms with van der Waals surface area (Å²) < 4.78 is 74.6. The first-order chi connectivity index (χ1) is 43.8. The number of aliphatic hydroxyl groups is 21. The molecule has 0 bridgehead atoms. The summed E-state index contributed by atoms with van der Waals surface area (Å²) in [7, 11) is 0. The van der Waals surface area contributed by atoms with Crippen molar-refractivity contribution in [2.75, 3.05) is 46.2 Å². The Balaban J connectivity index is 1.13. The molecule has 3 amide bonds. The number of hydrogen-bond donors (Lipinski definition) is 25. The molecule has 42 nitrogen and oxygen atoms in total. The lowest BCUT2D eigenvalue weighted by atomic mass is 9.88. The van der Waals surface area contributed by atoms with Crippen LogP contribution in [0.4, 0.5) is 0 Å². The highest BCUT2D eigenvalue weighted by Crippen LogP contribution is 2.39. The van der Waals surface area contributed by atoms with Gasteiger partial charge in [-0.1, -0.05) is 0 Å². The highest BCUT2D eigenvalue weighted by atomic mass is 16.8. The molecule has 7 rings (SSSR count). The zero-order valence-electron chi connectivity index (χ0n) is 49.6. The fourth-order valence-corrected chi connectivity index (χ4v) is 11.7. The van der Waals surface area contributed by atoms with Crippen LogP contribution in [-0.4, -0.2) is 403 Å². The standard InChI is InChI=1S/C51H85N3O39/c1-12(60)52-23-15(63)4-51(50(79)80,93-42(23)26(65)16(64)5-55)82-11-22-28(67)33(72)37(76)48(88-22)90-40-20(9-59)86-46(25(31(40)70)54-14(3)62)92-43-29(68)21(87-49(38(43)77)91-41-18(7-57)83-44(78)35(74)34(41)73)10-81-45-24(53-13(2)61)30(69)39(19(8-58)85-45)89-47-36(75)32(71)27(66)17(6-56)84-47/h15-49,55-59,63-78H,4-11H2,1-3H3,(H,52,60)(H,53,61)(H,54,62)(H,79,80)/t15-,16-,17-,18+,19-,20+,21+,22-,23+,24+,25+,26-,27+,28+,29-,30+,31?,32-,33-,34-,35-,36+,37+,38-,39-,40+,41-,42-,43-,44+,45-,46-,47+,48+,49-,51+/m0/s1. The van der Waals surface area contributed by atoms with Gasteiger partial charge in [-0.2, -0.15) is 0 Å². The Bertz CT molecular complexity index is 2410. The summed E-state index contributed by atoms with van der Waals surface area (Å²) in [4.78, 5) is 50.4. The predicted molar refractivity (Wildman–Crippen MR) is 284 cm³/mol. The summed E-state index contributed by atoms with van der Waals surface area (Å²) in [6, 6.07) is -5.34. The lowest BCUT2D eigenvalue weighted by molar-refractivity contribution is -0.385. The van der Waals surface area contributed by atoms with Crippen LogP contribution in [0.5, 0.6) is 0 Å². The van der Waals surface area contributed by atoms with Crippen LogP contribution in [0.15, 0.2) is 0 Å². The van der Waals surface area contributed by atoms with Crippen LogP contribution in [0.1, 0.15) is 27.2 Å². The fourth-order valence-electron chi connectivity index (χ4n) is 11.7. The molecule has 7 aliphatic heterocycles. The van der Waals surface area contributed by atoms with Gasteiger partial charge in [-0.3, -0.25) is 14.4 Å². The Kier molecular flexibility index (Phi) is 27.2. The lowest BCUT2D eigenvalue weighted by Crippen LogP contribution is -2.70. The fraction of sp³-hybridized carbons (Fsp3) is 0.922. The first kappa shape index (κ1) is 76.9. The van der Waals surface area contributed by atoms with Crippen molar-refractivity contribution in [1.29, 1.82) is 0 Å². The molecule has 538 valence electrons. The molecule has 36 atom stereocenters. The van der Waals surface area contributed by atoms with E-state index in [0.717, 1.165) is 20.8 Å². The molecule has 1 unspecified atom stereocenters. The third kappa shape index (κ3) is 17.0. The van der Waals surface area contributed by atoms with Gasteiger partial charge in [0, 0.05) is 27.2 Å². The molecule has 0 aromatic carbocycles. The van der Waals surface area contributed by atoms with Crippen molar-refractivity contribution in [2.45, 2.75) is 248 Å². The normalized spacial score (nSPS) is 47.2. The average molecular weight is 1360 g/mol. The van der Waals surface area contributed by atoms with Gasteiger partial charge in [0.1, 0.15) is 165 Å². The number of aliphatic hydroxyl groups excluding tert-OH is 21. The predicted octanol–water partition coefficient (Wildman–Crippen LogP) is -16.6. The Morgan fingerprint density at radius 3 is 1.33 bits per heavy atom. The van der Waals surface area contributed by atoms with Crippen LogP contribution in [0, 0.1) is 0 Å². The van der Waals surface area contributed by atoms with Gasteiger partial charge >= 0.3 is 5.97 Å². The van der Waals surface area contributed by atoms with E-state index in [1.807, 2.05) is 0 Å². The van der Waals surface area contributed by atoms with Gasteiger partial charge in [-0.25, -0.2) is 4.79 Å². The number of carboxylic acids is 1. The lowest BCUT2D eigenvalue weighted by Gasteiger charge is -2.50. The second kappa shape index (κ2) is 32.9. The Morgan fingerprint density at radius 2 is 0.849 bits per heavy atom. The largest absolute Gasteiger partial charge is 0.477 e. The zero-order valence-corrected chi connectivity index (χ0v) is 49.6. The minimum atomic E-state index is -3.03. The Labute approximate surface area is 525 Å².